The first-order chi connectivity index (χ1) is 8.86. The van der Waals surface area contributed by atoms with Crippen LogP contribution in [0.3, 0.4) is 0 Å². The topological polar surface area (TPSA) is 60.2 Å². The maximum Gasteiger partial charge on any atom is 0.251 e. The summed E-state index contributed by atoms with van der Waals surface area (Å²) in [5, 5.41) is 11.4. The zero-order valence-corrected chi connectivity index (χ0v) is 10.2. The summed E-state index contributed by atoms with van der Waals surface area (Å²) in [6, 6.07) is 8.25. The van der Waals surface area contributed by atoms with Crippen molar-refractivity contribution in [2.45, 2.75) is 25.4 Å². The molecule has 1 saturated carbocycles. The van der Waals surface area contributed by atoms with Gasteiger partial charge < -0.3 is 14.5 Å². The van der Waals surface area contributed by atoms with E-state index in [4.69, 9.17) is 9.15 Å². The molecule has 2 aromatic rings. The summed E-state index contributed by atoms with van der Waals surface area (Å²) in [5.41, 5.74) is 0.824. The van der Waals surface area contributed by atoms with Crippen LogP contribution in [0.2, 0.25) is 0 Å². The number of nitrogens with one attached hydrogen (secondary N) is 1. The third-order valence-electron chi connectivity index (χ3n) is 2.92. The zero-order chi connectivity index (χ0) is 12.4. The SMILES string of the molecule is COc1ccccc1-c1nnc(CNC2CC2)o1. The normalized spacial score (nSPS) is 14.7. The summed E-state index contributed by atoms with van der Waals surface area (Å²) in [6.45, 7) is 0.632. The van der Waals surface area contributed by atoms with Crippen molar-refractivity contribution in [2.24, 2.45) is 0 Å². The Balaban J connectivity index is 1.78. The van der Waals surface area contributed by atoms with Gasteiger partial charge in [0, 0.05) is 6.04 Å². The van der Waals surface area contributed by atoms with Crippen LogP contribution in [0.25, 0.3) is 11.5 Å². The highest BCUT2D eigenvalue weighted by molar-refractivity contribution is 5.62. The van der Waals surface area contributed by atoms with Gasteiger partial charge in [0.1, 0.15) is 5.75 Å². The van der Waals surface area contributed by atoms with Crippen molar-refractivity contribution < 1.29 is 9.15 Å². The van der Waals surface area contributed by atoms with Crippen LogP contribution in [0.15, 0.2) is 28.7 Å². The molecule has 18 heavy (non-hydrogen) atoms. The molecule has 0 radical (unpaired) electrons. The third-order valence-corrected chi connectivity index (χ3v) is 2.92. The van der Waals surface area contributed by atoms with Gasteiger partial charge in [0.15, 0.2) is 0 Å². The van der Waals surface area contributed by atoms with Crippen LogP contribution in [-0.4, -0.2) is 23.3 Å². The number of benzene rings is 1. The van der Waals surface area contributed by atoms with Crippen molar-refractivity contribution in [2.75, 3.05) is 7.11 Å². The van der Waals surface area contributed by atoms with Crippen LogP contribution < -0.4 is 10.1 Å². The summed E-state index contributed by atoms with van der Waals surface area (Å²) in [7, 11) is 1.63. The van der Waals surface area contributed by atoms with E-state index >= 15 is 0 Å². The van der Waals surface area contributed by atoms with Crippen molar-refractivity contribution in [3.8, 4) is 17.2 Å². The molecule has 0 aliphatic heterocycles. The van der Waals surface area contributed by atoms with Crippen LogP contribution in [0.1, 0.15) is 18.7 Å². The smallest absolute Gasteiger partial charge is 0.251 e. The standard InChI is InChI=1S/C13H15N3O2/c1-17-11-5-3-2-4-10(11)13-16-15-12(18-13)8-14-9-6-7-9/h2-5,9,14H,6-8H2,1H3. The lowest BCUT2D eigenvalue weighted by molar-refractivity contribution is 0.413. The number of hydrogen-bond donors (Lipinski definition) is 1. The number of para-hydroxylation sites is 1. The molecule has 1 heterocycles. The highest BCUT2D eigenvalue weighted by Gasteiger charge is 2.21. The van der Waals surface area contributed by atoms with E-state index in [2.05, 4.69) is 15.5 Å². The lowest BCUT2D eigenvalue weighted by Crippen LogP contribution is -2.15. The molecule has 0 saturated heterocycles. The average Bonchev–Trinajstić information content (AvgIpc) is 3.13. The Morgan fingerprint density at radius 1 is 1.33 bits per heavy atom. The number of methoxy groups -OCH3 is 1. The second kappa shape index (κ2) is 4.78. The first-order valence-electron chi connectivity index (χ1n) is 6.06. The summed E-state index contributed by atoms with van der Waals surface area (Å²) >= 11 is 0. The summed E-state index contributed by atoms with van der Waals surface area (Å²) < 4.78 is 10.9. The Hall–Kier alpha value is -1.88. The van der Waals surface area contributed by atoms with Crippen LogP contribution in [0, 0.1) is 0 Å². The van der Waals surface area contributed by atoms with Crippen molar-refractivity contribution in [1.29, 1.82) is 0 Å². The lowest BCUT2D eigenvalue weighted by Gasteiger charge is -2.03. The van der Waals surface area contributed by atoms with Gasteiger partial charge in [-0.2, -0.15) is 0 Å². The predicted octanol–water partition coefficient (Wildman–Crippen LogP) is 2.00. The highest BCUT2D eigenvalue weighted by Crippen LogP contribution is 2.28. The van der Waals surface area contributed by atoms with E-state index in [0.717, 1.165) is 11.3 Å². The number of nitrogens with zero attached hydrogens (tertiary/aromatic N) is 2. The minimum atomic E-state index is 0.500. The van der Waals surface area contributed by atoms with E-state index in [-0.39, 0.29) is 0 Å². The Morgan fingerprint density at radius 2 is 2.17 bits per heavy atom. The monoisotopic (exact) mass is 245 g/mol. The number of ether oxygens (including phenoxy) is 1. The summed E-state index contributed by atoms with van der Waals surface area (Å²) in [5.74, 6) is 1.85. The van der Waals surface area contributed by atoms with E-state index in [1.54, 1.807) is 7.11 Å². The maximum absolute atomic E-state index is 5.63. The molecule has 1 aromatic heterocycles. The first-order valence-corrected chi connectivity index (χ1v) is 6.06. The fraction of sp³-hybridized carbons (Fsp3) is 0.385. The summed E-state index contributed by atoms with van der Waals surface area (Å²) in [6.07, 6.45) is 2.49. The van der Waals surface area contributed by atoms with Gasteiger partial charge in [-0.05, 0) is 25.0 Å². The third kappa shape index (κ3) is 2.36. The molecule has 0 unspecified atom stereocenters. The van der Waals surface area contributed by atoms with Gasteiger partial charge in [0.25, 0.3) is 5.89 Å². The van der Waals surface area contributed by atoms with Crippen molar-refractivity contribution >= 4 is 0 Å². The molecule has 0 spiro atoms. The molecule has 0 atom stereocenters. The van der Waals surface area contributed by atoms with E-state index in [9.17, 15) is 0 Å². The number of rotatable bonds is 5. The number of hydrogen-bond acceptors (Lipinski definition) is 5. The Labute approximate surface area is 105 Å². The molecular formula is C13H15N3O2. The molecule has 94 valence electrons. The predicted molar refractivity (Wildman–Crippen MR) is 66.1 cm³/mol. The van der Waals surface area contributed by atoms with Gasteiger partial charge in [-0.25, -0.2) is 0 Å². The van der Waals surface area contributed by atoms with Crippen molar-refractivity contribution in [3.63, 3.8) is 0 Å². The highest BCUT2D eigenvalue weighted by atomic mass is 16.5. The molecule has 1 aliphatic carbocycles. The second-order valence-corrected chi connectivity index (χ2v) is 4.36. The van der Waals surface area contributed by atoms with Crippen LogP contribution >= 0.6 is 0 Å². The van der Waals surface area contributed by atoms with Gasteiger partial charge in [0.05, 0.1) is 19.2 Å². The molecule has 0 amide bonds. The Morgan fingerprint density at radius 3 is 2.94 bits per heavy atom. The quantitative estimate of drug-likeness (QED) is 0.873. The van der Waals surface area contributed by atoms with E-state index < -0.39 is 0 Å². The lowest BCUT2D eigenvalue weighted by atomic mass is 10.2. The second-order valence-electron chi connectivity index (χ2n) is 4.36. The molecule has 3 rings (SSSR count). The minimum Gasteiger partial charge on any atom is -0.496 e. The maximum atomic E-state index is 5.63. The van der Waals surface area contributed by atoms with E-state index in [0.29, 0.717) is 24.4 Å². The molecule has 1 N–H and O–H groups in total. The van der Waals surface area contributed by atoms with Gasteiger partial charge in [-0.15, -0.1) is 10.2 Å². The Kier molecular flexibility index (Phi) is 2.98. The molecular weight excluding hydrogens is 230 g/mol. The van der Waals surface area contributed by atoms with Crippen molar-refractivity contribution in [3.05, 3.63) is 30.2 Å². The average molecular weight is 245 g/mol. The van der Waals surface area contributed by atoms with Crippen LogP contribution in [0.4, 0.5) is 0 Å². The van der Waals surface area contributed by atoms with Gasteiger partial charge >= 0.3 is 0 Å². The van der Waals surface area contributed by atoms with Gasteiger partial charge in [-0.3, -0.25) is 0 Å². The molecule has 1 fully saturated rings. The fourth-order valence-electron chi connectivity index (χ4n) is 1.77. The molecule has 1 aliphatic rings. The van der Waals surface area contributed by atoms with Gasteiger partial charge in [0.2, 0.25) is 5.89 Å². The molecule has 0 bridgehead atoms. The molecule has 5 heteroatoms. The first kappa shape index (κ1) is 11.2. The molecule has 5 nitrogen and oxygen atoms in total. The van der Waals surface area contributed by atoms with Crippen LogP contribution in [-0.2, 0) is 6.54 Å². The largest absolute Gasteiger partial charge is 0.496 e. The minimum absolute atomic E-state index is 0.500. The van der Waals surface area contributed by atoms with E-state index in [1.807, 2.05) is 24.3 Å². The zero-order valence-electron chi connectivity index (χ0n) is 10.2. The van der Waals surface area contributed by atoms with E-state index in [1.165, 1.54) is 12.8 Å². The summed E-state index contributed by atoms with van der Waals surface area (Å²) in [4.78, 5) is 0. The fourth-order valence-corrected chi connectivity index (χ4v) is 1.77. The molecule has 1 aromatic carbocycles. The van der Waals surface area contributed by atoms with Crippen molar-refractivity contribution in [1.82, 2.24) is 15.5 Å². The van der Waals surface area contributed by atoms with Gasteiger partial charge in [-0.1, -0.05) is 12.1 Å². The Bertz CT molecular complexity index is 535. The number of aromatic nitrogens is 2. The van der Waals surface area contributed by atoms with Crippen LogP contribution in [0.5, 0.6) is 5.75 Å².